The van der Waals surface area contributed by atoms with Crippen LogP contribution in [0.15, 0.2) is 83.9 Å². The number of aromatic nitrogens is 2. The number of hydrogen-bond acceptors (Lipinski definition) is 7. The van der Waals surface area contributed by atoms with E-state index in [4.69, 9.17) is 19.3 Å². The minimum absolute atomic E-state index is 0.313. The van der Waals surface area contributed by atoms with E-state index in [0.29, 0.717) is 80.2 Å². The lowest BCUT2D eigenvalue weighted by Gasteiger charge is -2.31. The Morgan fingerprint density at radius 1 is 0.905 bits per heavy atom. The zero-order valence-corrected chi connectivity index (χ0v) is 24.2. The van der Waals surface area contributed by atoms with E-state index in [1.807, 2.05) is 77.1 Å². The number of amides is 1. The molecule has 2 fully saturated rings. The average Bonchev–Trinajstić information content (AvgIpc) is 3.52. The van der Waals surface area contributed by atoms with Gasteiger partial charge in [0.2, 0.25) is 0 Å². The van der Waals surface area contributed by atoms with E-state index in [0.717, 1.165) is 16.9 Å². The van der Waals surface area contributed by atoms with E-state index in [1.165, 1.54) is 0 Å². The largest absolute Gasteiger partial charge is 0.497 e. The summed E-state index contributed by atoms with van der Waals surface area (Å²) in [6, 6.07) is 22.8. The summed E-state index contributed by atoms with van der Waals surface area (Å²) in [4.78, 5) is 16.9. The summed E-state index contributed by atoms with van der Waals surface area (Å²) in [7, 11) is 0.235. The summed E-state index contributed by atoms with van der Waals surface area (Å²) in [5, 5.41) is 7.95. The molecule has 4 aromatic rings. The third-order valence-corrected chi connectivity index (χ3v) is 8.81. The Labute approximate surface area is 247 Å². The van der Waals surface area contributed by atoms with E-state index in [1.54, 1.807) is 18.0 Å². The van der Waals surface area contributed by atoms with Gasteiger partial charge in [0.1, 0.15) is 22.4 Å². The number of rotatable bonds is 8. The topological polar surface area (TPSA) is 98.2 Å². The Kier molecular flexibility index (Phi) is 8.61. The number of anilines is 2. The highest BCUT2D eigenvalue weighted by atomic mass is 32.2. The van der Waals surface area contributed by atoms with Crippen LogP contribution in [0.2, 0.25) is 0 Å². The van der Waals surface area contributed by atoms with Gasteiger partial charge in [0.15, 0.2) is 0 Å². The number of carbonyl (C=O) groups excluding carboxylic acids is 1. The van der Waals surface area contributed by atoms with Crippen LogP contribution in [0.5, 0.6) is 5.75 Å². The Bertz CT molecular complexity index is 1550. The van der Waals surface area contributed by atoms with Gasteiger partial charge in [0, 0.05) is 37.9 Å². The second kappa shape index (κ2) is 12.9. The predicted molar refractivity (Wildman–Crippen MR) is 162 cm³/mol. The summed E-state index contributed by atoms with van der Waals surface area (Å²) < 4.78 is 33.4. The van der Waals surface area contributed by atoms with Crippen molar-refractivity contribution in [2.24, 2.45) is 0 Å². The molecule has 0 saturated carbocycles. The van der Waals surface area contributed by atoms with Crippen LogP contribution in [0, 0.1) is 0 Å². The lowest BCUT2D eigenvalue weighted by molar-refractivity contribution is 0.0752. The van der Waals surface area contributed by atoms with Crippen LogP contribution in [0.4, 0.5) is 11.4 Å². The number of methoxy groups -OCH3 is 1. The maximum atomic E-state index is 14.1. The average molecular weight is 588 g/mol. The van der Waals surface area contributed by atoms with Crippen molar-refractivity contribution in [1.82, 2.24) is 14.1 Å². The van der Waals surface area contributed by atoms with Crippen molar-refractivity contribution in [2.75, 3.05) is 69.9 Å². The summed E-state index contributed by atoms with van der Waals surface area (Å²) in [6.07, 6.45) is 1.74. The predicted octanol–water partition coefficient (Wildman–Crippen LogP) is 3.99. The van der Waals surface area contributed by atoms with Crippen molar-refractivity contribution in [3.05, 3.63) is 84.6 Å². The molecule has 10 nitrogen and oxygen atoms in total. The number of nitrogens with zero attached hydrogens (tertiary/aromatic N) is 4. The third-order valence-electron chi connectivity index (χ3n) is 7.32. The first-order chi connectivity index (χ1) is 20.6. The van der Waals surface area contributed by atoms with Crippen LogP contribution in [0.1, 0.15) is 10.4 Å². The lowest BCUT2D eigenvalue weighted by Crippen LogP contribution is -2.38. The number of nitrogens with one attached hydrogen (secondary N) is 1. The zero-order chi connectivity index (χ0) is 28.9. The molecule has 2 aliphatic rings. The van der Waals surface area contributed by atoms with Gasteiger partial charge in [-0.3, -0.25) is 4.79 Å². The lowest BCUT2D eigenvalue weighted by atomic mass is 10.1. The second-order valence-corrected chi connectivity index (χ2v) is 11.4. The number of benzene rings is 3. The Hall–Kier alpha value is -4.03. The maximum Gasteiger partial charge on any atom is 0.259 e. The van der Waals surface area contributed by atoms with E-state index in [2.05, 4.69) is 10.2 Å². The molecule has 3 aromatic carbocycles. The molecular formula is C31H33N5O5S. The summed E-state index contributed by atoms with van der Waals surface area (Å²) in [5.74, 6) is 0.402. The van der Waals surface area contributed by atoms with Crippen LogP contribution in [-0.2, 0) is 20.5 Å². The van der Waals surface area contributed by atoms with Gasteiger partial charge in [0.25, 0.3) is 5.91 Å². The van der Waals surface area contributed by atoms with Crippen molar-refractivity contribution in [3.63, 3.8) is 0 Å². The van der Waals surface area contributed by atoms with Crippen molar-refractivity contribution in [3.8, 4) is 22.7 Å². The molecule has 11 heteroatoms. The SMILES string of the molecule is COc1ccc(-c2nn(-c3ccccc3)cc2C(=O)Nc2cc(S(=O)N3CCOCC3)ccc2N2CCOCC2)cc1. The molecule has 1 N–H and O–H groups in total. The summed E-state index contributed by atoms with van der Waals surface area (Å²) >= 11 is 0. The Balaban J connectivity index is 1.37. The Morgan fingerprint density at radius 2 is 1.60 bits per heavy atom. The van der Waals surface area contributed by atoms with Crippen LogP contribution in [0.3, 0.4) is 0 Å². The molecular weight excluding hydrogens is 554 g/mol. The first-order valence-corrected chi connectivity index (χ1v) is 15.0. The molecule has 1 atom stereocenters. The van der Waals surface area contributed by atoms with Crippen molar-refractivity contribution < 1.29 is 23.2 Å². The van der Waals surface area contributed by atoms with Gasteiger partial charge in [-0.2, -0.15) is 5.10 Å². The van der Waals surface area contributed by atoms with Crippen LogP contribution in [0.25, 0.3) is 16.9 Å². The molecule has 0 spiro atoms. The molecule has 1 aromatic heterocycles. The number of morpholine rings is 2. The molecule has 218 valence electrons. The smallest absolute Gasteiger partial charge is 0.259 e. The standard InChI is InChI=1S/C31H33N5O5S/c1-39-25-9-7-23(8-10-25)30-27(22-36(33-30)24-5-3-2-4-6-24)31(37)32-28-21-26(42(38)35-15-19-41-20-16-35)11-12-29(28)34-13-17-40-18-14-34/h2-12,21-22H,13-20H2,1H3,(H,32,37). The molecule has 0 bridgehead atoms. The highest BCUT2D eigenvalue weighted by molar-refractivity contribution is 7.82. The van der Waals surface area contributed by atoms with Gasteiger partial charge in [-0.1, -0.05) is 18.2 Å². The molecule has 42 heavy (non-hydrogen) atoms. The fourth-order valence-corrected chi connectivity index (χ4v) is 6.25. The van der Waals surface area contributed by atoms with Crippen LogP contribution >= 0.6 is 0 Å². The zero-order valence-electron chi connectivity index (χ0n) is 23.4. The van der Waals surface area contributed by atoms with Gasteiger partial charge in [0.05, 0.1) is 61.1 Å². The number of para-hydroxylation sites is 1. The summed E-state index contributed by atoms with van der Waals surface area (Å²) in [5.41, 5.74) is 4.02. The van der Waals surface area contributed by atoms with E-state index in [9.17, 15) is 9.00 Å². The number of carbonyl (C=O) groups is 1. The van der Waals surface area contributed by atoms with Crippen molar-refractivity contribution in [1.29, 1.82) is 0 Å². The normalized spacial score (nSPS) is 16.6. The van der Waals surface area contributed by atoms with Crippen molar-refractivity contribution in [2.45, 2.75) is 4.90 Å². The minimum atomic E-state index is -1.38. The van der Waals surface area contributed by atoms with Crippen LogP contribution < -0.4 is 15.0 Å². The highest BCUT2D eigenvalue weighted by Gasteiger charge is 2.24. The molecule has 1 unspecified atom stereocenters. The molecule has 0 radical (unpaired) electrons. The van der Waals surface area contributed by atoms with E-state index in [-0.39, 0.29) is 5.91 Å². The molecule has 1 amide bonds. The summed E-state index contributed by atoms with van der Waals surface area (Å²) in [6.45, 7) is 4.84. The highest BCUT2D eigenvalue weighted by Crippen LogP contribution is 2.32. The minimum Gasteiger partial charge on any atom is -0.497 e. The second-order valence-electron chi connectivity index (χ2n) is 9.92. The van der Waals surface area contributed by atoms with Crippen molar-refractivity contribution >= 4 is 28.3 Å². The number of hydrogen-bond donors (Lipinski definition) is 1. The van der Waals surface area contributed by atoms with Gasteiger partial charge in [-0.25, -0.2) is 13.2 Å². The Morgan fingerprint density at radius 3 is 2.29 bits per heavy atom. The van der Waals surface area contributed by atoms with Gasteiger partial charge < -0.3 is 24.4 Å². The van der Waals surface area contributed by atoms with Crippen LogP contribution in [-0.4, -0.2) is 83.9 Å². The molecule has 0 aliphatic carbocycles. The molecule has 6 rings (SSSR count). The quantitative estimate of drug-likeness (QED) is 0.333. The number of ether oxygens (including phenoxy) is 3. The fourth-order valence-electron chi connectivity index (χ4n) is 5.07. The molecule has 2 saturated heterocycles. The first kappa shape index (κ1) is 28.1. The van der Waals surface area contributed by atoms with Gasteiger partial charge in [-0.05, 0) is 54.6 Å². The first-order valence-electron chi connectivity index (χ1n) is 13.9. The molecule has 2 aliphatic heterocycles. The maximum absolute atomic E-state index is 14.1. The van der Waals surface area contributed by atoms with E-state index < -0.39 is 11.0 Å². The van der Waals surface area contributed by atoms with Gasteiger partial charge >= 0.3 is 0 Å². The third kappa shape index (κ3) is 6.09. The van der Waals surface area contributed by atoms with E-state index >= 15 is 0 Å². The fraction of sp³-hybridized carbons (Fsp3) is 0.290. The van der Waals surface area contributed by atoms with Gasteiger partial charge in [-0.15, -0.1) is 0 Å². The monoisotopic (exact) mass is 587 g/mol. The molecule has 3 heterocycles.